The SMILES string of the molecule is C=C(NCc1ccc(F)cc1)/C(Br)=C(N)\C(=C/C)N(N)CC(C)(C)C. The monoisotopic (exact) mass is 410 g/mol. The molecule has 4 nitrogen and oxygen atoms in total. The van der Waals surface area contributed by atoms with Crippen LogP contribution in [0.5, 0.6) is 0 Å². The van der Waals surface area contributed by atoms with Crippen LogP contribution in [0.3, 0.4) is 0 Å². The number of nitrogens with zero attached hydrogens (tertiary/aromatic N) is 1. The van der Waals surface area contributed by atoms with Gasteiger partial charge in [-0.15, -0.1) is 0 Å². The zero-order valence-corrected chi connectivity index (χ0v) is 17.0. The summed E-state index contributed by atoms with van der Waals surface area (Å²) >= 11 is 3.49. The Bertz CT molecular complexity index is 657. The molecule has 0 unspecified atom stereocenters. The Morgan fingerprint density at radius 2 is 1.88 bits per heavy atom. The quantitative estimate of drug-likeness (QED) is 0.359. The number of nitrogens with two attached hydrogens (primary N) is 2. The van der Waals surface area contributed by atoms with Crippen LogP contribution in [-0.4, -0.2) is 11.6 Å². The lowest BCUT2D eigenvalue weighted by atomic mass is 9.96. The first-order chi connectivity index (χ1) is 11.5. The van der Waals surface area contributed by atoms with Gasteiger partial charge in [-0.3, -0.25) is 0 Å². The average Bonchev–Trinajstić information content (AvgIpc) is 2.52. The molecule has 0 heterocycles. The fourth-order valence-corrected chi connectivity index (χ4v) is 2.58. The summed E-state index contributed by atoms with van der Waals surface area (Å²) in [6.07, 6.45) is 1.87. The van der Waals surface area contributed by atoms with E-state index in [1.54, 1.807) is 17.1 Å². The normalized spacial score (nSPS) is 13.3. The van der Waals surface area contributed by atoms with Crippen LogP contribution >= 0.6 is 15.9 Å². The fourth-order valence-electron chi connectivity index (χ4n) is 2.24. The van der Waals surface area contributed by atoms with Gasteiger partial charge in [0.2, 0.25) is 0 Å². The van der Waals surface area contributed by atoms with Crippen LogP contribution in [0.15, 0.2) is 58.5 Å². The predicted molar refractivity (Wildman–Crippen MR) is 107 cm³/mol. The Balaban J connectivity index is 2.83. The van der Waals surface area contributed by atoms with E-state index in [0.717, 1.165) is 11.3 Å². The van der Waals surface area contributed by atoms with E-state index in [0.29, 0.717) is 29.0 Å². The van der Waals surface area contributed by atoms with Crippen molar-refractivity contribution in [3.8, 4) is 0 Å². The van der Waals surface area contributed by atoms with Crippen LogP contribution in [0, 0.1) is 11.2 Å². The van der Waals surface area contributed by atoms with Crippen molar-refractivity contribution in [2.24, 2.45) is 17.0 Å². The number of halogens is 2. The second-order valence-electron chi connectivity index (χ2n) is 7.05. The Kier molecular flexibility index (Phi) is 7.70. The van der Waals surface area contributed by atoms with Crippen molar-refractivity contribution in [1.29, 1.82) is 0 Å². The number of hydrogen-bond acceptors (Lipinski definition) is 4. The van der Waals surface area contributed by atoms with Crippen LogP contribution in [0.4, 0.5) is 4.39 Å². The van der Waals surface area contributed by atoms with Gasteiger partial charge in [0.25, 0.3) is 0 Å². The minimum absolute atomic E-state index is 0.0353. The Hall–Kier alpha value is -1.79. The smallest absolute Gasteiger partial charge is 0.123 e. The molecule has 6 heteroatoms. The van der Waals surface area contributed by atoms with Crippen LogP contribution in [0.2, 0.25) is 0 Å². The van der Waals surface area contributed by atoms with Gasteiger partial charge in [0.1, 0.15) is 5.82 Å². The second-order valence-corrected chi connectivity index (χ2v) is 7.84. The first-order valence-electron chi connectivity index (χ1n) is 8.07. The van der Waals surface area contributed by atoms with Crippen LogP contribution in [0.1, 0.15) is 33.3 Å². The van der Waals surface area contributed by atoms with E-state index in [1.807, 2.05) is 13.0 Å². The molecule has 0 aliphatic rings. The topological polar surface area (TPSA) is 67.3 Å². The maximum absolute atomic E-state index is 12.9. The molecule has 0 bridgehead atoms. The highest BCUT2D eigenvalue weighted by atomic mass is 79.9. The molecule has 0 aliphatic carbocycles. The number of hydrazine groups is 1. The molecule has 1 aromatic carbocycles. The van der Waals surface area contributed by atoms with Gasteiger partial charge in [-0.1, -0.05) is 45.6 Å². The summed E-state index contributed by atoms with van der Waals surface area (Å²) in [4.78, 5) is 0. The number of benzene rings is 1. The zero-order chi connectivity index (χ0) is 19.2. The molecular weight excluding hydrogens is 383 g/mol. The van der Waals surface area contributed by atoms with Crippen LogP contribution in [-0.2, 0) is 6.54 Å². The number of rotatable bonds is 7. The van der Waals surface area contributed by atoms with E-state index in [-0.39, 0.29) is 11.2 Å². The molecule has 0 aliphatic heterocycles. The van der Waals surface area contributed by atoms with Gasteiger partial charge >= 0.3 is 0 Å². The highest BCUT2D eigenvalue weighted by Gasteiger charge is 2.19. The van der Waals surface area contributed by atoms with Crippen molar-refractivity contribution in [3.63, 3.8) is 0 Å². The molecule has 0 aromatic heterocycles. The Labute approximate surface area is 158 Å². The molecule has 138 valence electrons. The minimum Gasteiger partial charge on any atom is -0.396 e. The molecule has 0 amide bonds. The molecule has 25 heavy (non-hydrogen) atoms. The van der Waals surface area contributed by atoms with Crippen molar-refractivity contribution >= 4 is 15.9 Å². The second kappa shape index (κ2) is 9.06. The molecule has 0 fully saturated rings. The van der Waals surface area contributed by atoms with E-state index < -0.39 is 0 Å². The van der Waals surface area contributed by atoms with Gasteiger partial charge in [-0.05, 0) is 46.0 Å². The largest absolute Gasteiger partial charge is 0.396 e. The van der Waals surface area contributed by atoms with Gasteiger partial charge in [-0.2, -0.15) is 0 Å². The predicted octanol–water partition coefficient (Wildman–Crippen LogP) is 4.12. The number of allylic oxidation sites excluding steroid dienone is 2. The maximum atomic E-state index is 12.9. The summed E-state index contributed by atoms with van der Waals surface area (Å²) in [5, 5.41) is 4.82. The summed E-state index contributed by atoms with van der Waals surface area (Å²) in [5.41, 5.74) is 9.12. The standard InChI is InChI=1S/C19H28BrFN4/c1-6-16(25(23)12-19(3,4)5)18(22)17(20)13(2)24-11-14-7-9-15(21)10-8-14/h6-10,24H,2,11-12,22-23H2,1,3-5H3/b16-6+,18-17-. The summed E-state index contributed by atoms with van der Waals surface area (Å²) < 4.78 is 13.6. The fraction of sp³-hybridized carbons (Fsp3) is 0.368. The van der Waals surface area contributed by atoms with Crippen molar-refractivity contribution < 1.29 is 4.39 Å². The highest BCUT2D eigenvalue weighted by molar-refractivity contribution is 9.12. The van der Waals surface area contributed by atoms with Crippen molar-refractivity contribution in [2.75, 3.05) is 6.54 Å². The van der Waals surface area contributed by atoms with Crippen molar-refractivity contribution in [3.05, 3.63) is 69.9 Å². The molecule has 0 saturated carbocycles. The summed E-state index contributed by atoms with van der Waals surface area (Å²) in [6, 6.07) is 6.29. The molecule has 1 rings (SSSR count). The van der Waals surface area contributed by atoms with Gasteiger partial charge in [0.15, 0.2) is 0 Å². The van der Waals surface area contributed by atoms with E-state index in [1.165, 1.54) is 12.1 Å². The lowest BCUT2D eigenvalue weighted by Crippen LogP contribution is -2.39. The Morgan fingerprint density at radius 3 is 2.36 bits per heavy atom. The van der Waals surface area contributed by atoms with Gasteiger partial charge in [0.05, 0.1) is 15.9 Å². The molecule has 1 aromatic rings. The zero-order valence-electron chi connectivity index (χ0n) is 15.4. The third kappa shape index (κ3) is 6.92. The first kappa shape index (κ1) is 21.3. The van der Waals surface area contributed by atoms with Crippen LogP contribution in [0.25, 0.3) is 0 Å². The summed E-state index contributed by atoms with van der Waals surface area (Å²) in [5.74, 6) is 5.92. The van der Waals surface area contributed by atoms with Gasteiger partial charge in [-0.25, -0.2) is 10.2 Å². The maximum Gasteiger partial charge on any atom is 0.123 e. The Morgan fingerprint density at radius 1 is 1.32 bits per heavy atom. The highest BCUT2D eigenvalue weighted by Crippen LogP contribution is 2.24. The van der Waals surface area contributed by atoms with Crippen molar-refractivity contribution in [1.82, 2.24) is 10.3 Å². The van der Waals surface area contributed by atoms with Crippen LogP contribution < -0.4 is 16.9 Å². The number of hydrogen-bond donors (Lipinski definition) is 3. The summed E-state index contributed by atoms with van der Waals surface area (Å²) in [7, 11) is 0. The first-order valence-corrected chi connectivity index (χ1v) is 8.86. The van der Waals surface area contributed by atoms with E-state index in [2.05, 4.69) is 48.6 Å². The van der Waals surface area contributed by atoms with E-state index in [4.69, 9.17) is 11.6 Å². The summed E-state index contributed by atoms with van der Waals surface area (Å²) in [6.45, 7) is 13.4. The van der Waals surface area contributed by atoms with E-state index >= 15 is 0 Å². The molecular formula is C19H28BrFN4. The lowest BCUT2D eigenvalue weighted by molar-refractivity contribution is 0.241. The molecule has 0 atom stereocenters. The average molecular weight is 411 g/mol. The van der Waals surface area contributed by atoms with Crippen molar-refractivity contribution in [2.45, 2.75) is 34.2 Å². The third-order valence-electron chi connectivity index (χ3n) is 3.42. The van der Waals surface area contributed by atoms with Gasteiger partial charge in [0, 0.05) is 18.8 Å². The molecule has 0 radical (unpaired) electrons. The molecule has 0 spiro atoms. The minimum atomic E-state index is -0.257. The molecule has 5 N–H and O–H groups in total. The van der Waals surface area contributed by atoms with E-state index in [9.17, 15) is 4.39 Å². The lowest BCUT2D eigenvalue weighted by Gasteiger charge is -2.30. The van der Waals surface area contributed by atoms with Gasteiger partial charge < -0.3 is 16.1 Å². The number of nitrogens with one attached hydrogen (secondary N) is 1. The third-order valence-corrected chi connectivity index (χ3v) is 4.33. The molecule has 0 saturated heterocycles.